The SMILES string of the molecule is CC(=O)c1c(OC(=O)COc2cc(Cl)ccc2Cl)ccc2c(C)cc(=O)oc12. The Morgan fingerprint density at radius 3 is 2.54 bits per heavy atom. The molecule has 0 bridgehead atoms. The summed E-state index contributed by atoms with van der Waals surface area (Å²) in [5, 5.41) is 1.25. The van der Waals surface area contributed by atoms with Crippen LogP contribution < -0.4 is 15.1 Å². The summed E-state index contributed by atoms with van der Waals surface area (Å²) in [6.07, 6.45) is 0. The average Bonchev–Trinajstić information content (AvgIpc) is 2.61. The molecule has 28 heavy (non-hydrogen) atoms. The molecule has 1 aromatic heterocycles. The van der Waals surface area contributed by atoms with Crippen LogP contribution in [-0.2, 0) is 4.79 Å². The zero-order valence-electron chi connectivity index (χ0n) is 14.9. The normalized spacial score (nSPS) is 10.7. The number of hydrogen-bond acceptors (Lipinski definition) is 6. The van der Waals surface area contributed by atoms with Gasteiger partial charge in [0.1, 0.15) is 17.1 Å². The molecule has 0 spiro atoms. The van der Waals surface area contributed by atoms with Gasteiger partial charge in [0.15, 0.2) is 18.0 Å². The smallest absolute Gasteiger partial charge is 0.349 e. The molecule has 0 aliphatic rings. The van der Waals surface area contributed by atoms with Crippen molar-refractivity contribution in [1.82, 2.24) is 0 Å². The van der Waals surface area contributed by atoms with E-state index in [2.05, 4.69) is 0 Å². The Labute approximate surface area is 169 Å². The molecule has 8 heteroatoms. The quantitative estimate of drug-likeness (QED) is 0.259. The number of halogens is 2. The van der Waals surface area contributed by atoms with Crippen molar-refractivity contribution in [2.45, 2.75) is 13.8 Å². The standard InChI is InChI=1S/C20H14Cl2O6/c1-10-7-17(24)28-20-13(10)4-6-15(19(20)11(2)23)27-18(25)9-26-16-8-12(21)3-5-14(16)22/h3-8H,9H2,1-2H3. The number of hydrogen-bond donors (Lipinski definition) is 0. The lowest BCUT2D eigenvalue weighted by Gasteiger charge is -2.12. The zero-order valence-corrected chi connectivity index (χ0v) is 16.4. The van der Waals surface area contributed by atoms with Crippen LogP contribution in [0.1, 0.15) is 22.8 Å². The number of esters is 1. The summed E-state index contributed by atoms with van der Waals surface area (Å²) in [6.45, 7) is 2.54. The lowest BCUT2D eigenvalue weighted by atomic mass is 10.0. The molecule has 3 aromatic rings. The first-order chi connectivity index (χ1) is 13.3. The summed E-state index contributed by atoms with van der Waals surface area (Å²) in [4.78, 5) is 36.0. The molecule has 0 radical (unpaired) electrons. The van der Waals surface area contributed by atoms with Gasteiger partial charge in [0.05, 0.1) is 5.02 Å². The van der Waals surface area contributed by atoms with Crippen LogP contribution >= 0.6 is 23.2 Å². The fourth-order valence-electron chi connectivity index (χ4n) is 2.66. The molecular weight excluding hydrogens is 407 g/mol. The van der Waals surface area contributed by atoms with Gasteiger partial charge in [-0.15, -0.1) is 0 Å². The van der Waals surface area contributed by atoms with Crippen LogP contribution in [0.25, 0.3) is 11.0 Å². The van der Waals surface area contributed by atoms with E-state index in [0.29, 0.717) is 16.0 Å². The third-order valence-corrected chi connectivity index (χ3v) is 4.44. The highest BCUT2D eigenvalue weighted by Gasteiger charge is 2.20. The second-order valence-corrected chi connectivity index (χ2v) is 6.80. The summed E-state index contributed by atoms with van der Waals surface area (Å²) < 4.78 is 15.8. The minimum Gasteiger partial charge on any atom is -0.480 e. The summed E-state index contributed by atoms with van der Waals surface area (Å²) in [5.74, 6) is -0.994. The third-order valence-electron chi connectivity index (χ3n) is 3.90. The molecule has 0 amide bonds. The number of Topliss-reactive ketones (excluding diaryl/α,β-unsaturated/α-hetero) is 1. The van der Waals surface area contributed by atoms with Gasteiger partial charge >= 0.3 is 11.6 Å². The largest absolute Gasteiger partial charge is 0.480 e. The fraction of sp³-hybridized carbons (Fsp3) is 0.150. The number of fused-ring (bicyclic) bond motifs is 1. The molecule has 0 unspecified atom stereocenters. The van der Waals surface area contributed by atoms with Gasteiger partial charge in [-0.1, -0.05) is 23.2 Å². The molecule has 144 valence electrons. The lowest BCUT2D eigenvalue weighted by molar-refractivity contribution is -0.136. The molecule has 0 N–H and O–H groups in total. The Morgan fingerprint density at radius 2 is 1.82 bits per heavy atom. The first kappa shape index (κ1) is 19.9. The molecule has 1 heterocycles. The van der Waals surface area contributed by atoms with Crippen LogP contribution in [0.4, 0.5) is 0 Å². The van der Waals surface area contributed by atoms with Crippen LogP contribution in [0.2, 0.25) is 10.0 Å². The van der Waals surface area contributed by atoms with E-state index in [4.69, 9.17) is 37.1 Å². The highest BCUT2D eigenvalue weighted by molar-refractivity contribution is 6.34. The minimum atomic E-state index is -0.770. The topological polar surface area (TPSA) is 82.8 Å². The van der Waals surface area contributed by atoms with Gasteiger partial charge in [-0.05, 0) is 43.7 Å². The van der Waals surface area contributed by atoms with E-state index in [1.165, 1.54) is 31.2 Å². The minimum absolute atomic E-state index is 0.00689. The van der Waals surface area contributed by atoms with E-state index in [9.17, 15) is 14.4 Å². The predicted molar refractivity (Wildman–Crippen MR) is 105 cm³/mol. The van der Waals surface area contributed by atoms with E-state index < -0.39 is 24.0 Å². The number of benzene rings is 2. The molecule has 0 atom stereocenters. The monoisotopic (exact) mass is 420 g/mol. The van der Waals surface area contributed by atoms with Crippen molar-refractivity contribution in [1.29, 1.82) is 0 Å². The van der Waals surface area contributed by atoms with Crippen LogP contribution in [-0.4, -0.2) is 18.4 Å². The summed E-state index contributed by atoms with van der Waals surface area (Å²) in [6, 6.07) is 8.98. The Bertz CT molecular complexity index is 1150. The van der Waals surface area contributed by atoms with E-state index in [0.717, 1.165) is 0 Å². The van der Waals surface area contributed by atoms with Crippen molar-refractivity contribution in [2.24, 2.45) is 0 Å². The Kier molecular flexibility index (Phi) is 5.72. The van der Waals surface area contributed by atoms with Gasteiger partial charge in [-0.25, -0.2) is 9.59 Å². The number of carbonyl (C=O) groups excluding carboxylic acids is 2. The first-order valence-corrected chi connectivity index (χ1v) is 8.89. The molecular formula is C20H14Cl2O6. The van der Waals surface area contributed by atoms with Gasteiger partial charge in [0.25, 0.3) is 0 Å². The zero-order chi connectivity index (χ0) is 20.4. The van der Waals surface area contributed by atoms with Crippen LogP contribution in [0, 0.1) is 6.92 Å². The molecule has 0 saturated heterocycles. The van der Waals surface area contributed by atoms with Gasteiger partial charge in [-0.3, -0.25) is 4.79 Å². The highest BCUT2D eigenvalue weighted by Crippen LogP contribution is 2.30. The maximum Gasteiger partial charge on any atom is 0.349 e. The fourth-order valence-corrected chi connectivity index (χ4v) is 2.99. The van der Waals surface area contributed by atoms with E-state index in [-0.39, 0.29) is 27.7 Å². The van der Waals surface area contributed by atoms with Gasteiger partial charge in [0, 0.05) is 22.5 Å². The number of ether oxygens (including phenoxy) is 2. The number of carbonyl (C=O) groups is 2. The highest BCUT2D eigenvalue weighted by atomic mass is 35.5. The van der Waals surface area contributed by atoms with Gasteiger partial charge in [-0.2, -0.15) is 0 Å². The van der Waals surface area contributed by atoms with E-state index >= 15 is 0 Å². The predicted octanol–water partition coefficient (Wildman–Crippen LogP) is 4.60. The van der Waals surface area contributed by atoms with Gasteiger partial charge in [0.2, 0.25) is 0 Å². The Morgan fingerprint density at radius 1 is 1.07 bits per heavy atom. The molecule has 0 aliphatic heterocycles. The van der Waals surface area contributed by atoms with Crippen molar-refractivity contribution in [3.05, 3.63) is 68.0 Å². The molecule has 0 saturated carbocycles. The molecule has 0 fully saturated rings. The Hall–Kier alpha value is -2.83. The van der Waals surface area contributed by atoms with E-state index in [1.54, 1.807) is 19.1 Å². The molecule has 2 aromatic carbocycles. The molecule has 6 nitrogen and oxygen atoms in total. The average molecular weight is 421 g/mol. The van der Waals surface area contributed by atoms with E-state index in [1.807, 2.05) is 0 Å². The number of aryl methyl sites for hydroxylation is 1. The van der Waals surface area contributed by atoms with Crippen molar-refractivity contribution < 1.29 is 23.5 Å². The lowest BCUT2D eigenvalue weighted by Crippen LogP contribution is -2.19. The van der Waals surface area contributed by atoms with Crippen molar-refractivity contribution >= 4 is 45.9 Å². The molecule has 3 rings (SSSR count). The first-order valence-electron chi connectivity index (χ1n) is 8.13. The maximum absolute atomic E-state index is 12.2. The second kappa shape index (κ2) is 8.04. The van der Waals surface area contributed by atoms with Crippen LogP contribution in [0.5, 0.6) is 11.5 Å². The third kappa shape index (κ3) is 4.18. The second-order valence-electron chi connectivity index (χ2n) is 5.96. The summed E-state index contributed by atoms with van der Waals surface area (Å²) in [7, 11) is 0. The maximum atomic E-state index is 12.2. The summed E-state index contributed by atoms with van der Waals surface area (Å²) >= 11 is 11.8. The number of rotatable bonds is 5. The molecule has 0 aliphatic carbocycles. The van der Waals surface area contributed by atoms with Crippen molar-refractivity contribution in [3.63, 3.8) is 0 Å². The van der Waals surface area contributed by atoms with Crippen molar-refractivity contribution in [3.8, 4) is 11.5 Å². The van der Waals surface area contributed by atoms with Gasteiger partial charge < -0.3 is 13.9 Å². The Balaban J connectivity index is 1.88. The number of ketones is 1. The van der Waals surface area contributed by atoms with Crippen molar-refractivity contribution in [2.75, 3.05) is 6.61 Å². The van der Waals surface area contributed by atoms with Crippen LogP contribution in [0.15, 0.2) is 45.6 Å². The summed E-state index contributed by atoms with van der Waals surface area (Å²) in [5.41, 5.74) is 0.120. The van der Waals surface area contributed by atoms with Crippen LogP contribution in [0.3, 0.4) is 0 Å².